The molecule has 0 atom stereocenters. The van der Waals surface area contributed by atoms with Gasteiger partial charge in [-0.2, -0.15) is 0 Å². The van der Waals surface area contributed by atoms with Crippen molar-refractivity contribution in [1.29, 1.82) is 0 Å². The maximum absolute atomic E-state index is 5.96. The van der Waals surface area contributed by atoms with Gasteiger partial charge in [-0.1, -0.05) is 29.3 Å². The van der Waals surface area contributed by atoms with Gasteiger partial charge in [0.25, 0.3) is 0 Å². The number of hydrogen-bond acceptors (Lipinski definition) is 2. The van der Waals surface area contributed by atoms with E-state index in [2.05, 4.69) is 44.1 Å². The lowest BCUT2D eigenvalue weighted by molar-refractivity contribution is 1.15. The van der Waals surface area contributed by atoms with E-state index in [9.17, 15) is 0 Å². The third-order valence-electron chi connectivity index (χ3n) is 2.34. The molecule has 0 aliphatic heterocycles. The number of halogens is 2. The zero-order valence-electron chi connectivity index (χ0n) is 8.96. The summed E-state index contributed by atoms with van der Waals surface area (Å²) >= 11 is 9.24. The molecule has 16 heavy (non-hydrogen) atoms. The van der Waals surface area contributed by atoms with Crippen LogP contribution in [-0.2, 0) is 0 Å². The van der Waals surface area contributed by atoms with Crippen LogP contribution in [0.25, 0.3) is 11.4 Å². The molecule has 0 amide bonds. The molecule has 2 rings (SSSR count). The van der Waals surface area contributed by atoms with Gasteiger partial charge in [-0.25, -0.2) is 9.97 Å². The second-order valence-electron chi connectivity index (χ2n) is 3.65. The average molecular weight is 298 g/mol. The van der Waals surface area contributed by atoms with Crippen molar-refractivity contribution in [1.82, 2.24) is 9.97 Å². The summed E-state index contributed by atoms with van der Waals surface area (Å²) in [6.45, 7) is 4.08. The van der Waals surface area contributed by atoms with Crippen LogP contribution in [0.3, 0.4) is 0 Å². The number of benzene rings is 1. The van der Waals surface area contributed by atoms with E-state index in [4.69, 9.17) is 11.6 Å². The van der Waals surface area contributed by atoms with Gasteiger partial charge in [-0.15, -0.1) is 0 Å². The van der Waals surface area contributed by atoms with E-state index in [0.717, 1.165) is 11.1 Å². The minimum Gasteiger partial charge on any atom is -0.235 e. The van der Waals surface area contributed by atoms with E-state index < -0.39 is 0 Å². The summed E-state index contributed by atoms with van der Waals surface area (Å²) in [7, 11) is 0. The highest BCUT2D eigenvalue weighted by Crippen LogP contribution is 2.25. The molecule has 0 saturated heterocycles. The van der Waals surface area contributed by atoms with Crippen LogP contribution in [-0.4, -0.2) is 9.97 Å². The Labute approximate surface area is 108 Å². The Morgan fingerprint density at radius 3 is 2.69 bits per heavy atom. The van der Waals surface area contributed by atoms with Crippen molar-refractivity contribution in [2.45, 2.75) is 13.8 Å². The fourth-order valence-corrected chi connectivity index (χ4v) is 1.77. The third-order valence-corrected chi connectivity index (χ3v) is 3.43. The topological polar surface area (TPSA) is 25.8 Å². The molecule has 0 aliphatic carbocycles. The van der Waals surface area contributed by atoms with Crippen molar-refractivity contribution in [3.05, 3.63) is 45.1 Å². The maximum atomic E-state index is 5.96. The second kappa shape index (κ2) is 4.52. The minimum absolute atomic E-state index is 0.436. The molecular formula is C12H10BrClN2. The SMILES string of the molecule is Cc1ccc(C)c(-c2ncc(Br)c(Cl)n2)c1. The van der Waals surface area contributed by atoms with Gasteiger partial charge in [0.1, 0.15) is 5.15 Å². The molecule has 0 radical (unpaired) electrons. The van der Waals surface area contributed by atoms with E-state index in [1.54, 1.807) is 6.20 Å². The highest BCUT2D eigenvalue weighted by Gasteiger charge is 2.07. The largest absolute Gasteiger partial charge is 0.235 e. The number of aromatic nitrogens is 2. The molecule has 0 aliphatic rings. The standard InChI is InChI=1S/C12H10BrClN2/c1-7-3-4-8(2)9(5-7)12-15-6-10(13)11(14)16-12/h3-6H,1-2H3. The predicted molar refractivity (Wildman–Crippen MR) is 69.7 cm³/mol. The van der Waals surface area contributed by atoms with Gasteiger partial charge in [0.05, 0.1) is 4.47 Å². The van der Waals surface area contributed by atoms with Crippen molar-refractivity contribution in [2.75, 3.05) is 0 Å². The summed E-state index contributed by atoms with van der Waals surface area (Å²) in [4.78, 5) is 8.52. The van der Waals surface area contributed by atoms with Crippen LogP contribution in [0.2, 0.25) is 5.15 Å². The van der Waals surface area contributed by atoms with Crippen molar-refractivity contribution in [3.8, 4) is 11.4 Å². The molecule has 1 aromatic carbocycles. The summed E-state index contributed by atoms with van der Waals surface area (Å²) in [6, 6.07) is 6.19. The van der Waals surface area contributed by atoms with Crippen LogP contribution in [0.5, 0.6) is 0 Å². The molecule has 82 valence electrons. The lowest BCUT2D eigenvalue weighted by Gasteiger charge is -2.06. The van der Waals surface area contributed by atoms with E-state index in [-0.39, 0.29) is 0 Å². The third kappa shape index (κ3) is 2.25. The molecule has 0 N–H and O–H groups in total. The molecule has 0 unspecified atom stereocenters. The first-order valence-electron chi connectivity index (χ1n) is 4.83. The number of hydrogen-bond donors (Lipinski definition) is 0. The maximum Gasteiger partial charge on any atom is 0.161 e. The molecule has 2 aromatic rings. The summed E-state index contributed by atoms with van der Waals surface area (Å²) < 4.78 is 0.711. The molecule has 1 aromatic heterocycles. The Morgan fingerprint density at radius 1 is 1.25 bits per heavy atom. The zero-order chi connectivity index (χ0) is 11.7. The van der Waals surface area contributed by atoms with Gasteiger partial charge < -0.3 is 0 Å². The van der Waals surface area contributed by atoms with Crippen LogP contribution in [0, 0.1) is 13.8 Å². The molecule has 4 heteroatoms. The first-order valence-corrected chi connectivity index (χ1v) is 6.00. The summed E-state index contributed by atoms with van der Waals surface area (Å²) in [5.74, 6) is 0.661. The van der Waals surface area contributed by atoms with E-state index in [0.29, 0.717) is 15.5 Å². The summed E-state index contributed by atoms with van der Waals surface area (Å²) in [6.07, 6.45) is 1.67. The Morgan fingerprint density at radius 2 is 2.00 bits per heavy atom. The molecule has 0 spiro atoms. The number of rotatable bonds is 1. The smallest absolute Gasteiger partial charge is 0.161 e. The van der Waals surface area contributed by atoms with Crippen LogP contribution >= 0.6 is 27.5 Å². The fraction of sp³-hybridized carbons (Fsp3) is 0.167. The van der Waals surface area contributed by atoms with Gasteiger partial charge in [0.2, 0.25) is 0 Å². The predicted octanol–water partition coefficient (Wildman–Crippen LogP) is 4.18. The van der Waals surface area contributed by atoms with E-state index in [1.807, 2.05) is 13.8 Å². The lowest BCUT2D eigenvalue weighted by atomic mass is 10.1. The lowest BCUT2D eigenvalue weighted by Crippen LogP contribution is -1.92. The fourth-order valence-electron chi connectivity index (χ4n) is 1.45. The Bertz CT molecular complexity index is 541. The van der Waals surface area contributed by atoms with Crippen LogP contribution in [0.15, 0.2) is 28.9 Å². The van der Waals surface area contributed by atoms with Gasteiger partial charge in [-0.3, -0.25) is 0 Å². The van der Waals surface area contributed by atoms with Gasteiger partial charge >= 0.3 is 0 Å². The Balaban J connectivity index is 2.58. The quantitative estimate of drug-likeness (QED) is 0.738. The van der Waals surface area contributed by atoms with Crippen molar-refractivity contribution >= 4 is 27.5 Å². The van der Waals surface area contributed by atoms with Crippen LogP contribution < -0.4 is 0 Å². The number of nitrogens with zero attached hydrogens (tertiary/aromatic N) is 2. The molecule has 0 bridgehead atoms. The van der Waals surface area contributed by atoms with Crippen molar-refractivity contribution in [2.24, 2.45) is 0 Å². The van der Waals surface area contributed by atoms with E-state index >= 15 is 0 Å². The Hall–Kier alpha value is -0.930. The van der Waals surface area contributed by atoms with E-state index in [1.165, 1.54) is 5.56 Å². The average Bonchev–Trinajstić information content (AvgIpc) is 2.26. The molecule has 2 nitrogen and oxygen atoms in total. The molecule has 0 saturated carbocycles. The normalized spacial score (nSPS) is 10.5. The first kappa shape index (κ1) is 11.6. The van der Waals surface area contributed by atoms with Gasteiger partial charge in [0, 0.05) is 11.8 Å². The van der Waals surface area contributed by atoms with Crippen molar-refractivity contribution in [3.63, 3.8) is 0 Å². The minimum atomic E-state index is 0.436. The first-order chi connectivity index (χ1) is 7.58. The van der Waals surface area contributed by atoms with Crippen LogP contribution in [0.1, 0.15) is 11.1 Å². The molecule has 0 fully saturated rings. The summed E-state index contributed by atoms with van der Waals surface area (Å²) in [5.41, 5.74) is 3.35. The highest BCUT2D eigenvalue weighted by atomic mass is 79.9. The monoisotopic (exact) mass is 296 g/mol. The summed E-state index contributed by atoms with van der Waals surface area (Å²) in [5, 5.41) is 0.436. The zero-order valence-corrected chi connectivity index (χ0v) is 11.3. The molecular weight excluding hydrogens is 288 g/mol. The van der Waals surface area contributed by atoms with Gasteiger partial charge in [0.15, 0.2) is 5.82 Å². The van der Waals surface area contributed by atoms with Crippen molar-refractivity contribution < 1.29 is 0 Å². The van der Waals surface area contributed by atoms with Gasteiger partial charge in [-0.05, 0) is 41.4 Å². The highest BCUT2D eigenvalue weighted by molar-refractivity contribution is 9.10. The molecule has 1 heterocycles. The second-order valence-corrected chi connectivity index (χ2v) is 4.86. The number of aryl methyl sites for hydroxylation is 2. The van der Waals surface area contributed by atoms with Crippen LogP contribution in [0.4, 0.5) is 0 Å². The Kier molecular flexibility index (Phi) is 3.26.